The van der Waals surface area contributed by atoms with Crippen LogP contribution in [-0.4, -0.2) is 23.2 Å². The predicted octanol–water partition coefficient (Wildman–Crippen LogP) is 2.07. The number of aliphatic hydroxyl groups is 1. The topological polar surface area (TPSA) is 20.2 Å². The van der Waals surface area contributed by atoms with Crippen molar-refractivity contribution in [1.29, 1.82) is 0 Å². The zero-order chi connectivity index (χ0) is 7.98. The third-order valence-electron chi connectivity index (χ3n) is 1.14. The number of thioether (sulfide) groups is 1. The molecule has 0 aromatic heterocycles. The lowest BCUT2D eigenvalue weighted by Gasteiger charge is -2.03. The first-order chi connectivity index (χ1) is 4.66. The molecule has 60 valence electrons. The summed E-state index contributed by atoms with van der Waals surface area (Å²) in [6.07, 6.45) is 4.58. The highest BCUT2D eigenvalue weighted by molar-refractivity contribution is 7.98. The molecule has 1 N–H and O–H groups in total. The Balaban J connectivity index is 3.43. The molecule has 0 heterocycles. The van der Waals surface area contributed by atoms with Gasteiger partial charge in [-0.3, -0.25) is 0 Å². The van der Waals surface area contributed by atoms with E-state index in [0.29, 0.717) is 0 Å². The first kappa shape index (κ1) is 10.0. The molecule has 0 rings (SSSR count). The van der Waals surface area contributed by atoms with Gasteiger partial charge in [0.1, 0.15) is 0 Å². The summed E-state index contributed by atoms with van der Waals surface area (Å²) in [5.74, 6) is 1.03. The van der Waals surface area contributed by atoms with E-state index in [-0.39, 0.29) is 6.10 Å². The van der Waals surface area contributed by atoms with Gasteiger partial charge in [0.05, 0.1) is 6.10 Å². The van der Waals surface area contributed by atoms with Crippen molar-refractivity contribution < 1.29 is 5.11 Å². The van der Waals surface area contributed by atoms with Gasteiger partial charge >= 0.3 is 0 Å². The number of aliphatic hydroxyl groups excluding tert-OH is 1. The molecule has 10 heavy (non-hydrogen) atoms. The quantitative estimate of drug-likeness (QED) is 0.635. The maximum absolute atomic E-state index is 9.26. The minimum absolute atomic E-state index is 0.238. The molecule has 0 bridgehead atoms. The third kappa shape index (κ3) is 6.17. The fraction of sp³-hybridized carbons (Fsp3) is 0.750. The van der Waals surface area contributed by atoms with E-state index in [9.17, 15) is 5.11 Å². The Morgan fingerprint density at radius 2 is 2.20 bits per heavy atom. The molecule has 1 atom stereocenters. The van der Waals surface area contributed by atoms with Crippen LogP contribution in [0.25, 0.3) is 0 Å². The lowest BCUT2D eigenvalue weighted by molar-refractivity contribution is 0.219. The average Bonchev–Trinajstić information content (AvgIpc) is 1.82. The Morgan fingerprint density at radius 3 is 2.60 bits per heavy atom. The standard InChI is InChI=1S/C8H16OS/c1-7(2)6-8(9)4-5-10-3/h6,8-9H,4-5H2,1-3H3. The van der Waals surface area contributed by atoms with Gasteiger partial charge in [0, 0.05) is 0 Å². The Labute approximate surface area is 67.5 Å². The summed E-state index contributed by atoms with van der Waals surface area (Å²) in [7, 11) is 0. The summed E-state index contributed by atoms with van der Waals surface area (Å²) < 4.78 is 0. The minimum atomic E-state index is -0.238. The van der Waals surface area contributed by atoms with Crippen LogP contribution in [0.4, 0.5) is 0 Å². The van der Waals surface area contributed by atoms with E-state index in [1.807, 2.05) is 19.9 Å². The Bertz CT molecular complexity index is 106. The number of hydrogen-bond acceptors (Lipinski definition) is 2. The molecule has 0 saturated heterocycles. The largest absolute Gasteiger partial charge is 0.389 e. The second-order valence-corrected chi connectivity index (χ2v) is 3.58. The van der Waals surface area contributed by atoms with E-state index in [4.69, 9.17) is 0 Å². The van der Waals surface area contributed by atoms with Gasteiger partial charge in [-0.05, 0) is 32.3 Å². The second kappa shape index (κ2) is 5.81. The first-order valence-corrected chi connectivity index (χ1v) is 4.88. The van der Waals surface area contributed by atoms with E-state index in [2.05, 4.69) is 6.26 Å². The molecule has 0 aromatic rings. The normalized spacial score (nSPS) is 12.8. The molecule has 0 aliphatic carbocycles. The van der Waals surface area contributed by atoms with Crippen LogP contribution in [0.15, 0.2) is 11.6 Å². The highest BCUT2D eigenvalue weighted by atomic mass is 32.2. The van der Waals surface area contributed by atoms with Crippen LogP contribution in [0.1, 0.15) is 20.3 Å². The summed E-state index contributed by atoms with van der Waals surface area (Å²) in [6.45, 7) is 4.00. The molecule has 0 saturated carbocycles. The Morgan fingerprint density at radius 1 is 1.60 bits per heavy atom. The van der Waals surface area contributed by atoms with Crippen LogP contribution in [0, 0.1) is 0 Å². The van der Waals surface area contributed by atoms with Gasteiger partial charge in [-0.15, -0.1) is 0 Å². The first-order valence-electron chi connectivity index (χ1n) is 3.49. The highest BCUT2D eigenvalue weighted by Gasteiger charge is 1.97. The summed E-state index contributed by atoms with van der Waals surface area (Å²) in [5, 5.41) is 9.26. The smallest absolute Gasteiger partial charge is 0.0731 e. The Hall–Kier alpha value is 0.0500. The fourth-order valence-corrected chi connectivity index (χ4v) is 1.18. The zero-order valence-corrected chi connectivity index (χ0v) is 7.74. The van der Waals surface area contributed by atoms with E-state index < -0.39 is 0 Å². The fourth-order valence-electron chi connectivity index (χ4n) is 0.707. The summed E-state index contributed by atoms with van der Waals surface area (Å²) >= 11 is 1.77. The predicted molar refractivity (Wildman–Crippen MR) is 48.4 cm³/mol. The van der Waals surface area contributed by atoms with Crippen LogP contribution in [0.5, 0.6) is 0 Å². The average molecular weight is 160 g/mol. The molecule has 0 fully saturated rings. The van der Waals surface area contributed by atoms with Crippen LogP contribution in [-0.2, 0) is 0 Å². The SMILES string of the molecule is CSCCC(O)C=C(C)C. The maximum Gasteiger partial charge on any atom is 0.0731 e. The van der Waals surface area contributed by atoms with Gasteiger partial charge in [0.15, 0.2) is 0 Å². The van der Waals surface area contributed by atoms with Crippen molar-refractivity contribution in [1.82, 2.24) is 0 Å². The van der Waals surface area contributed by atoms with E-state index in [1.54, 1.807) is 11.8 Å². The van der Waals surface area contributed by atoms with Crippen molar-refractivity contribution in [3.63, 3.8) is 0 Å². The van der Waals surface area contributed by atoms with Crippen LogP contribution in [0.3, 0.4) is 0 Å². The number of hydrogen-bond donors (Lipinski definition) is 1. The number of allylic oxidation sites excluding steroid dienone is 1. The van der Waals surface area contributed by atoms with E-state index in [1.165, 1.54) is 5.57 Å². The molecule has 0 aliphatic heterocycles. The van der Waals surface area contributed by atoms with Crippen molar-refractivity contribution in [3.05, 3.63) is 11.6 Å². The van der Waals surface area contributed by atoms with Crippen molar-refractivity contribution in [2.45, 2.75) is 26.4 Å². The molecule has 0 aromatic carbocycles. The maximum atomic E-state index is 9.26. The molecule has 1 nitrogen and oxygen atoms in total. The lowest BCUT2D eigenvalue weighted by atomic mass is 10.2. The Kier molecular flexibility index (Phi) is 5.84. The molecule has 1 unspecified atom stereocenters. The van der Waals surface area contributed by atoms with Gasteiger partial charge in [-0.25, -0.2) is 0 Å². The summed E-state index contributed by atoms with van der Waals surface area (Å²) in [6, 6.07) is 0. The van der Waals surface area contributed by atoms with Gasteiger partial charge < -0.3 is 5.11 Å². The van der Waals surface area contributed by atoms with Gasteiger partial charge in [0.25, 0.3) is 0 Å². The van der Waals surface area contributed by atoms with Gasteiger partial charge in [0.2, 0.25) is 0 Å². The van der Waals surface area contributed by atoms with Crippen molar-refractivity contribution in [2.24, 2.45) is 0 Å². The third-order valence-corrected chi connectivity index (χ3v) is 1.79. The molecule has 0 spiro atoms. The molecular formula is C8H16OS. The molecule has 2 heteroatoms. The van der Waals surface area contributed by atoms with Crippen LogP contribution >= 0.6 is 11.8 Å². The van der Waals surface area contributed by atoms with Crippen LogP contribution in [0.2, 0.25) is 0 Å². The summed E-state index contributed by atoms with van der Waals surface area (Å²) in [4.78, 5) is 0. The van der Waals surface area contributed by atoms with Crippen molar-refractivity contribution >= 4 is 11.8 Å². The van der Waals surface area contributed by atoms with Gasteiger partial charge in [-0.1, -0.05) is 11.6 Å². The highest BCUT2D eigenvalue weighted by Crippen LogP contribution is 2.03. The monoisotopic (exact) mass is 160 g/mol. The van der Waals surface area contributed by atoms with Crippen molar-refractivity contribution in [3.8, 4) is 0 Å². The molecule has 0 amide bonds. The van der Waals surface area contributed by atoms with E-state index in [0.717, 1.165) is 12.2 Å². The van der Waals surface area contributed by atoms with Crippen molar-refractivity contribution in [2.75, 3.05) is 12.0 Å². The molecule has 0 radical (unpaired) electrons. The minimum Gasteiger partial charge on any atom is -0.389 e. The molecular weight excluding hydrogens is 144 g/mol. The second-order valence-electron chi connectivity index (χ2n) is 2.59. The zero-order valence-electron chi connectivity index (χ0n) is 6.92. The summed E-state index contributed by atoms with van der Waals surface area (Å²) in [5.41, 5.74) is 1.19. The lowest BCUT2D eigenvalue weighted by Crippen LogP contribution is -2.03. The van der Waals surface area contributed by atoms with E-state index >= 15 is 0 Å². The van der Waals surface area contributed by atoms with Gasteiger partial charge in [-0.2, -0.15) is 11.8 Å². The number of rotatable bonds is 4. The molecule has 0 aliphatic rings. The van der Waals surface area contributed by atoms with Crippen LogP contribution < -0.4 is 0 Å².